The lowest BCUT2D eigenvalue weighted by molar-refractivity contribution is 0.0575. The van der Waals surface area contributed by atoms with Gasteiger partial charge in [-0.1, -0.05) is 18.2 Å². The molecule has 0 unspecified atom stereocenters. The quantitative estimate of drug-likeness (QED) is 0.787. The Kier molecular flexibility index (Phi) is 2.85. The number of para-hydroxylation sites is 1. The molecule has 94 valence electrons. The first-order valence-electron chi connectivity index (χ1n) is 7.63. The lowest BCUT2D eigenvalue weighted by Crippen LogP contribution is -2.49. The van der Waals surface area contributed by atoms with Crippen LogP contribution in [-0.4, -0.2) is 60.5 Å². The van der Waals surface area contributed by atoms with Crippen LogP contribution in [0.3, 0.4) is 0 Å². The molecular formula is C13H20N2O2. The van der Waals surface area contributed by atoms with Gasteiger partial charge in [0.05, 0.1) is 12.7 Å². The van der Waals surface area contributed by atoms with Crippen LogP contribution in [0.15, 0.2) is 30.3 Å². The number of anilines is 1. The van der Waals surface area contributed by atoms with Crippen molar-refractivity contribution in [2.45, 2.75) is 6.10 Å². The number of piperazine rings is 1. The van der Waals surface area contributed by atoms with Gasteiger partial charge in [-0.3, -0.25) is 4.90 Å². The SMILES string of the molecule is [2H]C1([2H])CN(c2ccccc2)CC([2H])([2H])N1C[C@H](O)CO. The molecule has 1 saturated heterocycles. The molecule has 0 spiro atoms. The smallest absolute Gasteiger partial charge is 0.0897 e. The second kappa shape index (κ2) is 6.00. The first-order valence-corrected chi connectivity index (χ1v) is 5.63. The predicted octanol–water partition coefficient (Wildman–Crippen LogP) is 0.162. The fourth-order valence-corrected chi connectivity index (χ4v) is 1.67. The Labute approximate surface area is 108 Å². The van der Waals surface area contributed by atoms with Gasteiger partial charge in [-0.2, -0.15) is 0 Å². The summed E-state index contributed by atoms with van der Waals surface area (Å²) in [6.45, 7) is -4.69. The second-order valence-electron chi connectivity index (χ2n) is 3.95. The fraction of sp³-hybridized carbons (Fsp3) is 0.538. The summed E-state index contributed by atoms with van der Waals surface area (Å²) < 4.78 is 32.4. The Morgan fingerprint density at radius 3 is 2.47 bits per heavy atom. The first-order chi connectivity index (χ1) is 9.76. The van der Waals surface area contributed by atoms with Crippen LogP contribution in [0.2, 0.25) is 0 Å². The van der Waals surface area contributed by atoms with Gasteiger partial charge in [-0.05, 0) is 12.1 Å². The molecule has 1 atom stereocenters. The lowest BCUT2D eigenvalue weighted by Gasteiger charge is -2.36. The predicted molar refractivity (Wildman–Crippen MR) is 68.2 cm³/mol. The minimum atomic E-state index is -1.95. The standard InChI is InChI=1S/C13H20N2O2/c16-11-13(17)10-14-6-8-15(9-7-14)12-4-2-1-3-5-12/h1-5,13,16-17H,6-11H2/t13-/m0/s1/i6D2,7D2. The summed E-state index contributed by atoms with van der Waals surface area (Å²) in [4.78, 5) is 2.64. The monoisotopic (exact) mass is 240 g/mol. The largest absolute Gasteiger partial charge is 0.394 e. The van der Waals surface area contributed by atoms with E-state index in [9.17, 15) is 5.11 Å². The number of rotatable bonds is 4. The van der Waals surface area contributed by atoms with E-state index in [0.717, 1.165) is 10.6 Å². The molecule has 1 aromatic carbocycles. The van der Waals surface area contributed by atoms with Crippen molar-refractivity contribution in [3.05, 3.63) is 30.3 Å². The van der Waals surface area contributed by atoms with E-state index < -0.39 is 25.7 Å². The highest BCUT2D eigenvalue weighted by Gasteiger charge is 2.18. The number of aliphatic hydroxyl groups excluding tert-OH is 2. The van der Waals surface area contributed by atoms with E-state index in [1.54, 1.807) is 4.90 Å². The molecule has 0 bridgehead atoms. The Balaban J connectivity index is 2.23. The van der Waals surface area contributed by atoms with E-state index in [1.165, 1.54) is 0 Å². The Bertz CT molecular complexity index is 454. The number of hydrogen-bond donors (Lipinski definition) is 2. The molecule has 0 amide bonds. The molecule has 0 aromatic heterocycles. The second-order valence-corrected chi connectivity index (χ2v) is 3.95. The summed E-state index contributed by atoms with van der Waals surface area (Å²) in [6, 6.07) is 9.11. The van der Waals surface area contributed by atoms with Crippen molar-refractivity contribution in [2.75, 3.05) is 44.1 Å². The van der Waals surface area contributed by atoms with E-state index in [2.05, 4.69) is 0 Å². The molecule has 1 aromatic rings. The van der Waals surface area contributed by atoms with Crippen molar-refractivity contribution < 1.29 is 15.7 Å². The van der Waals surface area contributed by atoms with Crippen LogP contribution in [0.5, 0.6) is 0 Å². The maximum Gasteiger partial charge on any atom is 0.0897 e. The van der Waals surface area contributed by atoms with E-state index in [4.69, 9.17) is 10.6 Å². The zero-order valence-corrected chi connectivity index (χ0v) is 9.58. The van der Waals surface area contributed by atoms with E-state index in [1.807, 2.05) is 30.3 Å². The molecule has 0 saturated carbocycles. The van der Waals surface area contributed by atoms with Gasteiger partial charge in [-0.15, -0.1) is 0 Å². The van der Waals surface area contributed by atoms with Gasteiger partial charge in [0.15, 0.2) is 0 Å². The summed E-state index contributed by atoms with van der Waals surface area (Å²) >= 11 is 0. The lowest BCUT2D eigenvalue weighted by atomic mass is 10.2. The van der Waals surface area contributed by atoms with Crippen LogP contribution >= 0.6 is 0 Å². The molecule has 1 heterocycles. The molecule has 2 rings (SSSR count). The van der Waals surface area contributed by atoms with Gasteiger partial charge in [0.1, 0.15) is 0 Å². The van der Waals surface area contributed by atoms with Crippen LogP contribution < -0.4 is 4.90 Å². The van der Waals surface area contributed by atoms with Crippen molar-refractivity contribution in [3.63, 3.8) is 0 Å². The molecule has 1 aliphatic rings. The van der Waals surface area contributed by atoms with E-state index in [0.29, 0.717) is 0 Å². The highest BCUT2D eigenvalue weighted by atomic mass is 16.3. The number of β-amino-alcohol motifs (C(OH)–C–C–N with tert-alkyl or cyclic N) is 1. The number of aliphatic hydroxyl groups is 2. The average Bonchev–Trinajstić information content (AvgIpc) is 2.42. The van der Waals surface area contributed by atoms with Crippen molar-refractivity contribution in [3.8, 4) is 0 Å². The van der Waals surface area contributed by atoms with Gasteiger partial charge in [0, 0.05) is 43.8 Å². The summed E-state index contributed by atoms with van der Waals surface area (Å²) in [6.07, 6.45) is -1.17. The van der Waals surface area contributed by atoms with Crippen molar-refractivity contribution in [1.82, 2.24) is 4.90 Å². The molecule has 4 heteroatoms. The highest BCUT2D eigenvalue weighted by Crippen LogP contribution is 2.15. The number of benzene rings is 1. The molecule has 1 aliphatic heterocycles. The minimum absolute atomic E-state index is 0.00529. The molecule has 0 radical (unpaired) electrons. The van der Waals surface area contributed by atoms with Gasteiger partial charge < -0.3 is 15.1 Å². The fourth-order valence-electron chi connectivity index (χ4n) is 1.67. The van der Waals surface area contributed by atoms with Gasteiger partial charge in [0.25, 0.3) is 0 Å². The minimum Gasteiger partial charge on any atom is -0.394 e. The normalized spacial score (nSPS) is 28.7. The van der Waals surface area contributed by atoms with Crippen molar-refractivity contribution >= 4 is 5.69 Å². The molecule has 4 nitrogen and oxygen atoms in total. The molecule has 2 N–H and O–H groups in total. The summed E-state index contributed by atoms with van der Waals surface area (Å²) in [5.74, 6) is 0. The van der Waals surface area contributed by atoms with E-state index in [-0.39, 0.29) is 19.6 Å². The summed E-state index contributed by atoms with van der Waals surface area (Å²) in [5.41, 5.74) is 0.757. The molecule has 1 fully saturated rings. The average molecular weight is 240 g/mol. The highest BCUT2D eigenvalue weighted by molar-refractivity contribution is 5.46. The Hall–Kier alpha value is -1.10. The van der Waals surface area contributed by atoms with Gasteiger partial charge in [0.2, 0.25) is 0 Å². The number of hydrogen-bond acceptors (Lipinski definition) is 4. The topological polar surface area (TPSA) is 46.9 Å². The van der Waals surface area contributed by atoms with Crippen molar-refractivity contribution in [1.29, 1.82) is 0 Å². The zero-order chi connectivity index (χ0) is 15.7. The molecular weight excluding hydrogens is 216 g/mol. The van der Waals surface area contributed by atoms with Crippen LogP contribution in [-0.2, 0) is 0 Å². The molecule has 0 aliphatic carbocycles. The Morgan fingerprint density at radius 2 is 1.88 bits per heavy atom. The zero-order valence-electron chi connectivity index (χ0n) is 13.6. The maximum absolute atomic E-state index is 9.52. The van der Waals surface area contributed by atoms with Gasteiger partial charge in [-0.25, -0.2) is 0 Å². The third-order valence-corrected chi connectivity index (χ3v) is 2.63. The summed E-state index contributed by atoms with van der Waals surface area (Å²) in [7, 11) is 0. The van der Waals surface area contributed by atoms with Gasteiger partial charge >= 0.3 is 0 Å². The van der Waals surface area contributed by atoms with Crippen LogP contribution in [0.25, 0.3) is 0 Å². The first kappa shape index (κ1) is 8.08. The van der Waals surface area contributed by atoms with E-state index >= 15 is 0 Å². The van der Waals surface area contributed by atoms with Crippen LogP contribution in [0, 0.1) is 0 Å². The number of nitrogens with zero attached hydrogens (tertiary/aromatic N) is 2. The van der Waals surface area contributed by atoms with Crippen LogP contribution in [0.1, 0.15) is 5.48 Å². The third-order valence-electron chi connectivity index (χ3n) is 2.63. The Morgan fingerprint density at radius 1 is 1.24 bits per heavy atom. The summed E-state index contributed by atoms with van der Waals surface area (Å²) in [5, 5.41) is 18.4. The molecule has 17 heavy (non-hydrogen) atoms. The van der Waals surface area contributed by atoms with Crippen molar-refractivity contribution in [2.24, 2.45) is 0 Å². The third kappa shape index (κ3) is 3.43. The maximum atomic E-state index is 9.52. The van der Waals surface area contributed by atoms with Crippen LogP contribution in [0.4, 0.5) is 5.69 Å².